The SMILES string of the molecule is CC=COC(=O)C(F)(F)F. The number of carbonyl (C=O) groups excluding carboxylic acids is 1. The molecule has 0 spiro atoms. The van der Waals surface area contributed by atoms with Crippen molar-refractivity contribution >= 4 is 5.97 Å². The van der Waals surface area contributed by atoms with Gasteiger partial charge in [-0.3, -0.25) is 0 Å². The van der Waals surface area contributed by atoms with Gasteiger partial charge in [-0.2, -0.15) is 13.2 Å². The number of halogens is 3. The first-order valence-electron chi connectivity index (χ1n) is 2.37. The van der Waals surface area contributed by atoms with Gasteiger partial charge in [0, 0.05) is 0 Å². The lowest BCUT2D eigenvalue weighted by atomic mass is 10.6. The Morgan fingerprint density at radius 1 is 1.50 bits per heavy atom. The number of hydrogen-bond donors (Lipinski definition) is 0. The maximum Gasteiger partial charge on any atom is 0.491 e. The van der Waals surface area contributed by atoms with E-state index in [1.807, 2.05) is 0 Å². The van der Waals surface area contributed by atoms with E-state index in [2.05, 4.69) is 4.74 Å². The van der Waals surface area contributed by atoms with Gasteiger partial charge < -0.3 is 4.74 Å². The number of rotatable bonds is 1. The molecule has 0 radical (unpaired) electrons. The van der Waals surface area contributed by atoms with Crippen LogP contribution in [0.1, 0.15) is 6.92 Å². The van der Waals surface area contributed by atoms with Crippen molar-refractivity contribution in [3.8, 4) is 0 Å². The second-order valence-electron chi connectivity index (χ2n) is 1.37. The molecule has 0 amide bonds. The Kier molecular flexibility index (Phi) is 2.92. The fourth-order valence-electron chi connectivity index (χ4n) is 0.197. The molecule has 0 fully saturated rings. The summed E-state index contributed by atoms with van der Waals surface area (Å²) < 4.78 is 37.4. The summed E-state index contributed by atoms with van der Waals surface area (Å²) in [7, 11) is 0. The average Bonchev–Trinajstić information content (AvgIpc) is 1.80. The summed E-state index contributed by atoms with van der Waals surface area (Å²) in [5, 5.41) is 0. The third-order valence-electron chi connectivity index (χ3n) is 0.543. The van der Waals surface area contributed by atoms with E-state index in [-0.39, 0.29) is 0 Å². The average molecular weight is 154 g/mol. The quantitative estimate of drug-likeness (QED) is 0.423. The molecule has 0 unspecified atom stereocenters. The molecule has 0 heterocycles. The Morgan fingerprint density at radius 3 is 2.30 bits per heavy atom. The van der Waals surface area contributed by atoms with Crippen LogP contribution in [0.3, 0.4) is 0 Å². The van der Waals surface area contributed by atoms with Crippen molar-refractivity contribution in [2.45, 2.75) is 13.1 Å². The minimum absolute atomic E-state index is 0.676. The van der Waals surface area contributed by atoms with Crippen LogP contribution in [0.2, 0.25) is 0 Å². The lowest BCUT2D eigenvalue weighted by molar-refractivity contribution is -0.193. The van der Waals surface area contributed by atoms with Crippen LogP contribution in [0, 0.1) is 0 Å². The normalized spacial score (nSPS) is 12.0. The maximum atomic E-state index is 11.3. The highest BCUT2D eigenvalue weighted by Crippen LogP contribution is 2.16. The van der Waals surface area contributed by atoms with Gasteiger partial charge in [-0.25, -0.2) is 4.79 Å². The molecular formula is C5H5F3O2. The van der Waals surface area contributed by atoms with E-state index in [1.165, 1.54) is 13.0 Å². The molecule has 0 aromatic rings. The number of esters is 1. The van der Waals surface area contributed by atoms with Gasteiger partial charge in [0.25, 0.3) is 0 Å². The van der Waals surface area contributed by atoms with Gasteiger partial charge >= 0.3 is 12.1 Å². The van der Waals surface area contributed by atoms with Crippen molar-refractivity contribution in [1.29, 1.82) is 0 Å². The lowest BCUT2D eigenvalue weighted by Gasteiger charge is -2.00. The van der Waals surface area contributed by atoms with Crippen molar-refractivity contribution in [3.05, 3.63) is 12.3 Å². The largest absolute Gasteiger partial charge is 0.491 e. The van der Waals surface area contributed by atoms with Crippen molar-refractivity contribution in [1.82, 2.24) is 0 Å². The fourth-order valence-corrected chi connectivity index (χ4v) is 0.197. The van der Waals surface area contributed by atoms with Gasteiger partial charge in [-0.1, -0.05) is 6.08 Å². The van der Waals surface area contributed by atoms with E-state index < -0.39 is 12.1 Å². The highest BCUT2D eigenvalue weighted by atomic mass is 19.4. The molecule has 0 atom stereocenters. The molecule has 10 heavy (non-hydrogen) atoms. The van der Waals surface area contributed by atoms with E-state index in [1.54, 1.807) is 0 Å². The molecule has 0 N–H and O–H groups in total. The Bertz CT molecular complexity index is 147. The first-order chi connectivity index (χ1) is 4.48. The molecule has 0 aromatic heterocycles. The monoisotopic (exact) mass is 154 g/mol. The zero-order valence-electron chi connectivity index (χ0n) is 5.11. The fraction of sp³-hybridized carbons (Fsp3) is 0.400. The van der Waals surface area contributed by atoms with Gasteiger partial charge in [0.2, 0.25) is 0 Å². The van der Waals surface area contributed by atoms with Crippen molar-refractivity contribution in [2.24, 2.45) is 0 Å². The number of carbonyl (C=O) groups is 1. The molecule has 0 aromatic carbocycles. The summed E-state index contributed by atoms with van der Waals surface area (Å²) in [6.45, 7) is 1.43. The molecule has 0 aliphatic rings. The van der Waals surface area contributed by atoms with Crippen LogP contribution in [0.25, 0.3) is 0 Å². The molecule has 58 valence electrons. The van der Waals surface area contributed by atoms with E-state index in [0.717, 1.165) is 0 Å². The third-order valence-corrected chi connectivity index (χ3v) is 0.543. The Morgan fingerprint density at radius 2 is 2.00 bits per heavy atom. The van der Waals surface area contributed by atoms with E-state index in [9.17, 15) is 18.0 Å². The second-order valence-corrected chi connectivity index (χ2v) is 1.37. The van der Waals surface area contributed by atoms with Crippen molar-refractivity contribution in [2.75, 3.05) is 0 Å². The maximum absolute atomic E-state index is 11.3. The summed E-state index contributed by atoms with van der Waals surface area (Å²) in [5.74, 6) is -2.20. The summed E-state index contributed by atoms with van der Waals surface area (Å²) in [6.07, 6.45) is -3.04. The van der Waals surface area contributed by atoms with Gasteiger partial charge in [0.15, 0.2) is 0 Å². The van der Waals surface area contributed by atoms with E-state index in [0.29, 0.717) is 6.26 Å². The summed E-state index contributed by atoms with van der Waals surface area (Å²) in [6, 6.07) is 0. The van der Waals surface area contributed by atoms with Crippen LogP contribution in [0.15, 0.2) is 12.3 Å². The lowest BCUT2D eigenvalue weighted by Crippen LogP contribution is -2.23. The van der Waals surface area contributed by atoms with Crippen LogP contribution < -0.4 is 0 Å². The first kappa shape index (κ1) is 9.00. The minimum atomic E-state index is -4.90. The molecular weight excluding hydrogens is 149 g/mol. The van der Waals surface area contributed by atoms with Crippen LogP contribution in [0.4, 0.5) is 13.2 Å². The molecule has 2 nitrogen and oxygen atoms in total. The number of ether oxygens (including phenoxy) is 1. The Balaban J connectivity index is 3.86. The van der Waals surface area contributed by atoms with Gasteiger partial charge in [0.1, 0.15) is 0 Å². The molecule has 0 aliphatic heterocycles. The van der Waals surface area contributed by atoms with E-state index >= 15 is 0 Å². The topological polar surface area (TPSA) is 26.3 Å². The van der Waals surface area contributed by atoms with Crippen molar-refractivity contribution in [3.63, 3.8) is 0 Å². The van der Waals surface area contributed by atoms with Gasteiger partial charge in [-0.15, -0.1) is 0 Å². The summed E-state index contributed by atoms with van der Waals surface area (Å²) >= 11 is 0. The van der Waals surface area contributed by atoms with Gasteiger partial charge in [0.05, 0.1) is 6.26 Å². The van der Waals surface area contributed by atoms with Crippen LogP contribution in [-0.4, -0.2) is 12.1 Å². The van der Waals surface area contributed by atoms with Gasteiger partial charge in [-0.05, 0) is 6.92 Å². The minimum Gasteiger partial charge on any atom is -0.428 e. The molecule has 0 aliphatic carbocycles. The van der Waals surface area contributed by atoms with Crippen molar-refractivity contribution < 1.29 is 22.7 Å². The second kappa shape index (κ2) is 3.24. The molecule has 0 rings (SSSR count). The molecule has 0 saturated heterocycles. The highest BCUT2D eigenvalue weighted by Gasteiger charge is 2.40. The molecule has 5 heteroatoms. The van der Waals surface area contributed by atoms with Crippen LogP contribution in [-0.2, 0) is 9.53 Å². The highest BCUT2D eigenvalue weighted by molar-refractivity contribution is 5.76. The third kappa shape index (κ3) is 3.11. The smallest absolute Gasteiger partial charge is 0.428 e. The zero-order chi connectivity index (χ0) is 8.20. The molecule has 0 bridgehead atoms. The van der Waals surface area contributed by atoms with Crippen LogP contribution in [0.5, 0.6) is 0 Å². The van der Waals surface area contributed by atoms with E-state index in [4.69, 9.17) is 0 Å². The Hall–Kier alpha value is -1.00. The standard InChI is InChI=1S/C5H5F3O2/c1-2-3-10-4(9)5(6,7)8/h2-3H,1H3. The first-order valence-corrected chi connectivity index (χ1v) is 2.37. The number of allylic oxidation sites excluding steroid dienone is 1. The Labute approximate surface area is 55.3 Å². The number of alkyl halides is 3. The zero-order valence-corrected chi connectivity index (χ0v) is 5.11. The van der Waals surface area contributed by atoms with Crippen LogP contribution >= 0.6 is 0 Å². The molecule has 0 saturated carbocycles. The predicted molar refractivity (Wildman–Crippen MR) is 27.0 cm³/mol. The summed E-state index contributed by atoms with van der Waals surface area (Å²) in [5.41, 5.74) is 0. The summed E-state index contributed by atoms with van der Waals surface area (Å²) in [4.78, 5) is 9.82. The predicted octanol–water partition coefficient (Wildman–Crippen LogP) is 1.63. The number of hydrogen-bond acceptors (Lipinski definition) is 2.